The number of aryl methyl sites for hydroxylation is 2. The van der Waals surface area contributed by atoms with Crippen molar-refractivity contribution in [3.8, 4) is 0 Å². The molecule has 0 atom stereocenters. The van der Waals surface area contributed by atoms with E-state index in [9.17, 15) is 9.59 Å². The number of imidazole rings is 1. The summed E-state index contributed by atoms with van der Waals surface area (Å²) in [5, 5.41) is 2.91. The first-order chi connectivity index (χ1) is 13.0. The molecule has 3 aromatic rings. The molecule has 6 heteroatoms. The van der Waals surface area contributed by atoms with Crippen molar-refractivity contribution in [2.75, 3.05) is 18.4 Å². The Morgan fingerprint density at radius 2 is 1.74 bits per heavy atom. The number of fused-ring (bicyclic) bond motifs is 1. The smallest absolute Gasteiger partial charge is 0.290 e. The Kier molecular flexibility index (Phi) is 4.39. The number of amides is 2. The van der Waals surface area contributed by atoms with E-state index in [4.69, 9.17) is 0 Å². The lowest BCUT2D eigenvalue weighted by atomic mass is 10.1. The maximum Gasteiger partial charge on any atom is 0.290 e. The summed E-state index contributed by atoms with van der Waals surface area (Å²) < 4.78 is 1.71. The van der Waals surface area contributed by atoms with E-state index in [0.29, 0.717) is 5.52 Å². The van der Waals surface area contributed by atoms with Gasteiger partial charge in [0.05, 0.1) is 5.52 Å². The molecule has 0 radical (unpaired) electrons. The fraction of sp³-hybridized carbons (Fsp3) is 0.286. The fourth-order valence-electron chi connectivity index (χ4n) is 3.65. The molecule has 1 aliphatic heterocycles. The predicted molar refractivity (Wildman–Crippen MR) is 104 cm³/mol. The molecule has 6 nitrogen and oxygen atoms in total. The van der Waals surface area contributed by atoms with Crippen LogP contribution in [0.4, 0.5) is 5.69 Å². The summed E-state index contributed by atoms with van der Waals surface area (Å²) in [5.41, 5.74) is 3.76. The number of rotatable bonds is 3. The zero-order valence-corrected chi connectivity index (χ0v) is 15.5. The second kappa shape index (κ2) is 6.87. The number of nitrogens with zero attached hydrogens (tertiary/aromatic N) is 3. The molecule has 27 heavy (non-hydrogen) atoms. The van der Waals surface area contributed by atoms with Gasteiger partial charge in [-0.05, 0) is 62.1 Å². The van der Waals surface area contributed by atoms with E-state index in [1.54, 1.807) is 15.5 Å². The lowest BCUT2D eigenvalue weighted by molar-refractivity contribution is 0.0780. The van der Waals surface area contributed by atoms with Gasteiger partial charge in [-0.1, -0.05) is 12.1 Å². The maximum absolute atomic E-state index is 12.9. The van der Waals surface area contributed by atoms with Gasteiger partial charge in [-0.25, -0.2) is 4.98 Å². The quantitative estimate of drug-likeness (QED) is 0.776. The van der Waals surface area contributed by atoms with Gasteiger partial charge in [-0.2, -0.15) is 0 Å². The number of anilines is 1. The van der Waals surface area contributed by atoms with Crippen LogP contribution in [0.3, 0.4) is 0 Å². The van der Waals surface area contributed by atoms with Crippen LogP contribution < -0.4 is 5.32 Å². The average Bonchev–Trinajstić information content (AvgIpc) is 3.28. The summed E-state index contributed by atoms with van der Waals surface area (Å²) >= 11 is 0. The van der Waals surface area contributed by atoms with Gasteiger partial charge in [0.2, 0.25) is 5.82 Å². The molecule has 1 aromatic carbocycles. The number of pyridine rings is 1. The van der Waals surface area contributed by atoms with E-state index in [-0.39, 0.29) is 23.3 Å². The van der Waals surface area contributed by atoms with Crippen molar-refractivity contribution in [3.05, 3.63) is 65.2 Å². The van der Waals surface area contributed by atoms with Gasteiger partial charge in [0.1, 0.15) is 0 Å². The second-order valence-corrected chi connectivity index (χ2v) is 7.07. The van der Waals surface area contributed by atoms with E-state index in [1.165, 1.54) is 0 Å². The summed E-state index contributed by atoms with van der Waals surface area (Å²) in [6.45, 7) is 5.46. The lowest BCUT2D eigenvalue weighted by Crippen LogP contribution is -2.29. The van der Waals surface area contributed by atoms with Gasteiger partial charge in [0.25, 0.3) is 11.8 Å². The standard InChI is InChI=1S/C21H22N4O2/c1-14-11-15(2)13-16(12-14)22-20(26)18-17-7-3-4-10-25(17)19(23-18)21(27)24-8-5-6-9-24/h3-4,7,10-13H,5-6,8-9H2,1-2H3,(H,22,26). The van der Waals surface area contributed by atoms with Crippen LogP contribution in [0.1, 0.15) is 45.1 Å². The number of carbonyl (C=O) groups excluding carboxylic acids is 2. The van der Waals surface area contributed by atoms with Crippen molar-refractivity contribution < 1.29 is 9.59 Å². The highest BCUT2D eigenvalue weighted by Gasteiger charge is 2.26. The number of carbonyl (C=O) groups is 2. The largest absolute Gasteiger partial charge is 0.336 e. The van der Waals surface area contributed by atoms with E-state index >= 15 is 0 Å². The van der Waals surface area contributed by atoms with Crippen molar-refractivity contribution >= 4 is 23.0 Å². The van der Waals surface area contributed by atoms with Gasteiger partial charge in [0, 0.05) is 25.0 Å². The molecule has 0 spiro atoms. The van der Waals surface area contributed by atoms with Gasteiger partial charge < -0.3 is 10.2 Å². The Balaban J connectivity index is 1.71. The first-order valence-electron chi connectivity index (χ1n) is 9.19. The minimum atomic E-state index is -0.316. The van der Waals surface area contributed by atoms with Crippen LogP contribution in [0.5, 0.6) is 0 Å². The Morgan fingerprint density at radius 3 is 2.44 bits per heavy atom. The Hall–Kier alpha value is -3.15. The second-order valence-electron chi connectivity index (χ2n) is 7.07. The van der Waals surface area contributed by atoms with Gasteiger partial charge in [0.15, 0.2) is 5.69 Å². The molecule has 1 saturated heterocycles. The summed E-state index contributed by atoms with van der Waals surface area (Å²) in [6.07, 6.45) is 3.80. The van der Waals surface area contributed by atoms with Crippen LogP contribution in [-0.4, -0.2) is 39.2 Å². The van der Waals surface area contributed by atoms with Crippen LogP contribution in [0, 0.1) is 13.8 Å². The van der Waals surface area contributed by atoms with Crippen LogP contribution in [0.25, 0.3) is 5.52 Å². The van der Waals surface area contributed by atoms with E-state index in [1.807, 2.05) is 44.2 Å². The minimum absolute atomic E-state index is 0.126. The Labute approximate surface area is 157 Å². The van der Waals surface area contributed by atoms with Gasteiger partial charge >= 0.3 is 0 Å². The van der Waals surface area contributed by atoms with E-state index < -0.39 is 0 Å². The molecule has 1 fully saturated rings. The summed E-state index contributed by atoms with van der Waals surface area (Å²) in [6, 6.07) is 11.4. The van der Waals surface area contributed by atoms with Gasteiger partial charge in [-0.15, -0.1) is 0 Å². The third-order valence-corrected chi connectivity index (χ3v) is 4.83. The topological polar surface area (TPSA) is 66.7 Å². The van der Waals surface area contributed by atoms with Gasteiger partial charge in [-0.3, -0.25) is 14.0 Å². The van der Waals surface area contributed by atoms with E-state index in [0.717, 1.165) is 42.7 Å². The third-order valence-electron chi connectivity index (χ3n) is 4.83. The Morgan fingerprint density at radius 1 is 1.04 bits per heavy atom. The average molecular weight is 362 g/mol. The molecule has 4 rings (SSSR count). The third kappa shape index (κ3) is 3.30. The van der Waals surface area contributed by atoms with Crippen LogP contribution in [0.15, 0.2) is 42.6 Å². The molecule has 0 unspecified atom stereocenters. The van der Waals surface area contributed by atoms with E-state index in [2.05, 4.69) is 16.4 Å². The summed E-state index contributed by atoms with van der Waals surface area (Å²) in [7, 11) is 0. The highest BCUT2D eigenvalue weighted by Crippen LogP contribution is 2.20. The first kappa shape index (κ1) is 17.3. The number of hydrogen-bond acceptors (Lipinski definition) is 3. The molecule has 3 heterocycles. The number of likely N-dealkylation sites (tertiary alicyclic amines) is 1. The fourth-order valence-corrected chi connectivity index (χ4v) is 3.65. The number of benzene rings is 1. The number of hydrogen-bond donors (Lipinski definition) is 1. The van der Waals surface area contributed by atoms with Crippen molar-refractivity contribution in [1.29, 1.82) is 0 Å². The van der Waals surface area contributed by atoms with Crippen molar-refractivity contribution in [1.82, 2.24) is 14.3 Å². The highest BCUT2D eigenvalue weighted by atomic mass is 16.2. The Bertz CT molecular complexity index is 1010. The zero-order chi connectivity index (χ0) is 19.0. The van der Waals surface area contributed by atoms with Crippen molar-refractivity contribution in [2.24, 2.45) is 0 Å². The van der Waals surface area contributed by atoms with Crippen molar-refractivity contribution in [2.45, 2.75) is 26.7 Å². The normalized spacial score (nSPS) is 13.9. The summed E-state index contributed by atoms with van der Waals surface area (Å²) in [5.74, 6) is -0.151. The predicted octanol–water partition coefficient (Wildman–Crippen LogP) is 3.44. The molecule has 2 aromatic heterocycles. The summed E-state index contributed by atoms with van der Waals surface area (Å²) in [4.78, 5) is 32.0. The van der Waals surface area contributed by atoms with Crippen LogP contribution in [-0.2, 0) is 0 Å². The molecule has 1 aliphatic rings. The van der Waals surface area contributed by atoms with Crippen LogP contribution >= 0.6 is 0 Å². The zero-order valence-electron chi connectivity index (χ0n) is 15.5. The maximum atomic E-state index is 12.9. The molecule has 0 aliphatic carbocycles. The SMILES string of the molecule is Cc1cc(C)cc(NC(=O)c2nc(C(=O)N3CCCC3)n3ccccc23)c1. The molecule has 0 bridgehead atoms. The molecular weight excluding hydrogens is 340 g/mol. The molecular formula is C21H22N4O2. The highest BCUT2D eigenvalue weighted by molar-refractivity contribution is 6.09. The van der Waals surface area contributed by atoms with Crippen LogP contribution in [0.2, 0.25) is 0 Å². The van der Waals surface area contributed by atoms with Crippen molar-refractivity contribution in [3.63, 3.8) is 0 Å². The lowest BCUT2D eigenvalue weighted by Gasteiger charge is -2.13. The molecule has 138 valence electrons. The first-order valence-corrected chi connectivity index (χ1v) is 9.19. The molecule has 0 saturated carbocycles. The molecule has 2 amide bonds. The number of aromatic nitrogens is 2. The number of nitrogens with one attached hydrogen (secondary N) is 1. The monoisotopic (exact) mass is 362 g/mol. The molecule has 1 N–H and O–H groups in total. The minimum Gasteiger partial charge on any atom is -0.336 e.